The van der Waals surface area contributed by atoms with Crippen LogP contribution >= 0.6 is 11.6 Å². The number of carbonyl (C=O) groups is 3. The SMILES string of the molecule is O=C(CCNC(=O)c1ccc(F)cc1Cl)NNC(=O)c1cccnc1. The van der Waals surface area contributed by atoms with E-state index in [4.69, 9.17) is 11.6 Å². The van der Waals surface area contributed by atoms with Gasteiger partial charge in [-0.25, -0.2) is 4.39 Å². The third-order valence-electron chi connectivity index (χ3n) is 3.05. The minimum Gasteiger partial charge on any atom is -0.351 e. The van der Waals surface area contributed by atoms with Gasteiger partial charge in [0, 0.05) is 25.4 Å². The van der Waals surface area contributed by atoms with Gasteiger partial charge < -0.3 is 5.32 Å². The molecule has 0 spiro atoms. The number of hydrazine groups is 1. The predicted octanol–water partition coefficient (Wildman–Crippen LogP) is 1.46. The molecule has 0 atom stereocenters. The van der Waals surface area contributed by atoms with E-state index in [9.17, 15) is 18.8 Å². The Labute approximate surface area is 147 Å². The molecule has 1 aromatic heterocycles. The van der Waals surface area contributed by atoms with E-state index in [0.29, 0.717) is 5.56 Å². The molecule has 0 saturated heterocycles. The van der Waals surface area contributed by atoms with Crippen LogP contribution in [0.25, 0.3) is 0 Å². The Morgan fingerprint density at radius 3 is 2.60 bits per heavy atom. The van der Waals surface area contributed by atoms with Crippen LogP contribution in [0.3, 0.4) is 0 Å². The van der Waals surface area contributed by atoms with E-state index in [0.717, 1.165) is 12.1 Å². The fourth-order valence-corrected chi connectivity index (χ4v) is 2.07. The van der Waals surface area contributed by atoms with Crippen LogP contribution in [0.15, 0.2) is 42.7 Å². The third kappa shape index (κ3) is 5.54. The molecule has 0 aliphatic carbocycles. The summed E-state index contributed by atoms with van der Waals surface area (Å²) in [7, 11) is 0. The van der Waals surface area contributed by atoms with E-state index < -0.39 is 23.5 Å². The van der Waals surface area contributed by atoms with Gasteiger partial charge in [-0.2, -0.15) is 0 Å². The first-order valence-electron chi connectivity index (χ1n) is 7.20. The largest absolute Gasteiger partial charge is 0.351 e. The van der Waals surface area contributed by atoms with Crippen LogP contribution in [0, 0.1) is 5.82 Å². The molecule has 0 bridgehead atoms. The highest BCUT2D eigenvalue weighted by Gasteiger charge is 2.12. The fourth-order valence-electron chi connectivity index (χ4n) is 1.82. The molecule has 0 radical (unpaired) electrons. The minimum absolute atomic E-state index is 0.0150. The number of halogens is 2. The topological polar surface area (TPSA) is 100 Å². The number of nitrogens with one attached hydrogen (secondary N) is 3. The van der Waals surface area contributed by atoms with Crippen molar-refractivity contribution in [2.45, 2.75) is 6.42 Å². The number of amides is 3. The van der Waals surface area contributed by atoms with Crippen molar-refractivity contribution in [2.24, 2.45) is 0 Å². The van der Waals surface area contributed by atoms with Crippen LogP contribution in [0.4, 0.5) is 4.39 Å². The van der Waals surface area contributed by atoms with Crippen molar-refractivity contribution in [3.05, 3.63) is 64.7 Å². The summed E-state index contributed by atoms with van der Waals surface area (Å²) in [4.78, 5) is 39.0. The molecule has 130 valence electrons. The maximum Gasteiger partial charge on any atom is 0.271 e. The Morgan fingerprint density at radius 2 is 1.92 bits per heavy atom. The Bertz CT molecular complexity index is 786. The van der Waals surface area contributed by atoms with Crippen molar-refractivity contribution in [3.63, 3.8) is 0 Å². The van der Waals surface area contributed by atoms with Gasteiger partial charge in [0.2, 0.25) is 5.91 Å². The molecule has 0 aliphatic rings. The van der Waals surface area contributed by atoms with Gasteiger partial charge in [-0.3, -0.25) is 30.2 Å². The maximum absolute atomic E-state index is 12.9. The zero-order valence-corrected chi connectivity index (χ0v) is 13.6. The molecule has 1 heterocycles. The highest BCUT2D eigenvalue weighted by molar-refractivity contribution is 6.33. The van der Waals surface area contributed by atoms with E-state index in [1.54, 1.807) is 12.1 Å². The van der Waals surface area contributed by atoms with Gasteiger partial charge in [-0.15, -0.1) is 0 Å². The lowest BCUT2D eigenvalue weighted by molar-refractivity contribution is -0.121. The molecule has 1 aromatic carbocycles. The molecular formula is C16H14ClFN4O3. The lowest BCUT2D eigenvalue weighted by Crippen LogP contribution is -2.42. The highest BCUT2D eigenvalue weighted by Crippen LogP contribution is 2.16. The first-order valence-corrected chi connectivity index (χ1v) is 7.57. The van der Waals surface area contributed by atoms with Gasteiger partial charge >= 0.3 is 0 Å². The van der Waals surface area contributed by atoms with Crippen molar-refractivity contribution in [2.75, 3.05) is 6.54 Å². The second-order valence-electron chi connectivity index (χ2n) is 4.87. The molecule has 3 N–H and O–H groups in total. The standard InChI is InChI=1S/C16H14ClFN4O3/c17-13-8-11(18)3-4-12(13)16(25)20-7-5-14(23)21-22-15(24)10-2-1-6-19-9-10/h1-4,6,8-9H,5,7H2,(H,20,25)(H,21,23)(H,22,24). The van der Waals surface area contributed by atoms with Gasteiger partial charge in [-0.1, -0.05) is 11.6 Å². The fraction of sp³-hybridized carbons (Fsp3) is 0.125. The molecule has 2 rings (SSSR count). The number of pyridine rings is 1. The van der Waals surface area contributed by atoms with Crippen molar-refractivity contribution in [1.82, 2.24) is 21.2 Å². The number of hydrogen-bond donors (Lipinski definition) is 3. The smallest absolute Gasteiger partial charge is 0.271 e. The quantitative estimate of drug-likeness (QED) is 0.699. The average molecular weight is 365 g/mol. The molecule has 9 heteroatoms. The highest BCUT2D eigenvalue weighted by atomic mass is 35.5. The normalized spacial score (nSPS) is 10.0. The number of rotatable bonds is 5. The Morgan fingerprint density at radius 1 is 1.12 bits per heavy atom. The van der Waals surface area contributed by atoms with Crippen LogP contribution in [-0.4, -0.2) is 29.3 Å². The molecule has 0 unspecified atom stereocenters. The number of benzene rings is 1. The number of nitrogens with zero attached hydrogens (tertiary/aromatic N) is 1. The van der Waals surface area contributed by atoms with Gasteiger partial charge in [0.1, 0.15) is 5.82 Å². The number of hydrogen-bond acceptors (Lipinski definition) is 4. The summed E-state index contributed by atoms with van der Waals surface area (Å²) in [6, 6.07) is 6.52. The van der Waals surface area contributed by atoms with E-state index in [2.05, 4.69) is 21.2 Å². The van der Waals surface area contributed by atoms with Crippen molar-refractivity contribution >= 4 is 29.3 Å². The average Bonchev–Trinajstić information content (AvgIpc) is 2.60. The molecule has 7 nitrogen and oxygen atoms in total. The second-order valence-corrected chi connectivity index (χ2v) is 5.28. The summed E-state index contributed by atoms with van der Waals surface area (Å²) in [6.07, 6.45) is 2.80. The zero-order chi connectivity index (χ0) is 18.2. The monoisotopic (exact) mass is 364 g/mol. The molecule has 0 aliphatic heterocycles. The summed E-state index contributed by atoms with van der Waals surface area (Å²) in [5, 5.41) is 2.46. The van der Waals surface area contributed by atoms with Crippen molar-refractivity contribution < 1.29 is 18.8 Å². The zero-order valence-electron chi connectivity index (χ0n) is 12.9. The summed E-state index contributed by atoms with van der Waals surface area (Å²) >= 11 is 5.78. The molecule has 0 saturated carbocycles. The molecular weight excluding hydrogens is 351 g/mol. The summed E-state index contributed by atoms with van der Waals surface area (Å²) in [5.74, 6) is -2.09. The molecule has 2 aromatic rings. The van der Waals surface area contributed by atoms with Gasteiger partial charge in [-0.05, 0) is 30.3 Å². The number of aromatic nitrogens is 1. The summed E-state index contributed by atoms with van der Waals surface area (Å²) in [6.45, 7) is 0.0150. The second kappa shape index (κ2) is 8.74. The molecule has 25 heavy (non-hydrogen) atoms. The van der Waals surface area contributed by atoms with Crippen molar-refractivity contribution in [3.8, 4) is 0 Å². The van der Waals surface area contributed by atoms with Crippen LogP contribution in [0.5, 0.6) is 0 Å². The van der Waals surface area contributed by atoms with Crippen LogP contribution in [0.2, 0.25) is 5.02 Å². The van der Waals surface area contributed by atoms with Crippen molar-refractivity contribution in [1.29, 1.82) is 0 Å². The van der Waals surface area contributed by atoms with Gasteiger partial charge in [0.15, 0.2) is 0 Å². The van der Waals surface area contributed by atoms with Crippen LogP contribution in [-0.2, 0) is 4.79 Å². The van der Waals surface area contributed by atoms with Crippen LogP contribution in [0.1, 0.15) is 27.1 Å². The molecule has 3 amide bonds. The van der Waals surface area contributed by atoms with E-state index in [1.807, 2.05) is 0 Å². The summed E-state index contributed by atoms with van der Waals surface area (Å²) in [5.41, 5.74) is 4.85. The summed E-state index contributed by atoms with van der Waals surface area (Å²) < 4.78 is 12.9. The van der Waals surface area contributed by atoms with E-state index >= 15 is 0 Å². The lowest BCUT2D eigenvalue weighted by atomic mass is 10.2. The maximum atomic E-state index is 12.9. The van der Waals surface area contributed by atoms with E-state index in [1.165, 1.54) is 18.5 Å². The Kier molecular flexibility index (Phi) is 6.41. The Hall–Kier alpha value is -3.00. The van der Waals surface area contributed by atoms with Crippen LogP contribution < -0.4 is 16.2 Å². The first kappa shape index (κ1) is 18.3. The van der Waals surface area contributed by atoms with Gasteiger partial charge in [0.05, 0.1) is 16.1 Å². The lowest BCUT2D eigenvalue weighted by Gasteiger charge is -2.08. The van der Waals surface area contributed by atoms with E-state index in [-0.39, 0.29) is 23.6 Å². The number of carbonyl (C=O) groups excluding carboxylic acids is 3. The van der Waals surface area contributed by atoms with Gasteiger partial charge in [0.25, 0.3) is 11.8 Å². The minimum atomic E-state index is -0.551. The third-order valence-corrected chi connectivity index (χ3v) is 3.37. The molecule has 0 fully saturated rings. The first-order chi connectivity index (χ1) is 12.0. The Balaban J connectivity index is 1.73. The predicted molar refractivity (Wildman–Crippen MR) is 88.2 cm³/mol.